The van der Waals surface area contributed by atoms with Crippen molar-refractivity contribution < 1.29 is 0 Å². The first-order valence-corrected chi connectivity index (χ1v) is 8.28. The molecule has 4 nitrogen and oxygen atoms in total. The number of nitrogens with one attached hydrogen (secondary N) is 1. The lowest BCUT2D eigenvalue weighted by Gasteiger charge is -2.10. The zero-order valence-electron chi connectivity index (χ0n) is 14.7. The Kier molecular flexibility index (Phi) is 5.74. The van der Waals surface area contributed by atoms with Crippen LogP contribution in [0.1, 0.15) is 50.4 Å². The van der Waals surface area contributed by atoms with E-state index >= 15 is 0 Å². The van der Waals surface area contributed by atoms with Crippen LogP contribution in [-0.2, 0) is 6.54 Å². The quantitative estimate of drug-likeness (QED) is 0.752. The van der Waals surface area contributed by atoms with E-state index in [1.807, 2.05) is 43.6 Å². The van der Waals surface area contributed by atoms with E-state index < -0.39 is 0 Å². The monoisotopic (exact) mass is 310 g/mol. The van der Waals surface area contributed by atoms with Crippen molar-refractivity contribution in [3.63, 3.8) is 0 Å². The highest BCUT2D eigenvalue weighted by atomic mass is 15.3. The minimum absolute atomic E-state index is 0.416. The van der Waals surface area contributed by atoms with Crippen molar-refractivity contribution >= 4 is 11.5 Å². The maximum absolute atomic E-state index is 4.63. The van der Waals surface area contributed by atoms with Crippen LogP contribution in [0.25, 0.3) is 5.65 Å². The zero-order chi connectivity index (χ0) is 16.8. The van der Waals surface area contributed by atoms with E-state index in [-0.39, 0.29) is 0 Å². The molecule has 0 aliphatic rings. The zero-order valence-corrected chi connectivity index (χ0v) is 14.7. The van der Waals surface area contributed by atoms with Crippen molar-refractivity contribution in [3.8, 4) is 0 Å². The first-order valence-electron chi connectivity index (χ1n) is 8.28. The van der Waals surface area contributed by atoms with E-state index in [1.54, 1.807) is 0 Å². The number of rotatable bonds is 4. The second kappa shape index (κ2) is 7.77. The number of benzene rings is 1. The molecule has 2 aromatic heterocycles. The third kappa shape index (κ3) is 3.89. The second-order valence-electron chi connectivity index (χ2n) is 5.61. The summed E-state index contributed by atoms with van der Waals surface area (Å²) in [5.41, 5.74) is 4.37. The van der Waals surface area contributed by atoms with Crippen molar-refractivity contribution in [2.45, 2.75) is 47.1 Å². The molecule has 2 heterocycles. The van der Waals surface area contributed by atoms with Gasteiger partial charge in [0.2, 0.25) is 0 Å². The molecular formula is C19H26N4. The Morgan fingerprint density at radius 2 is 1.83 bits per heavy atom. The van der Waals surface area contributed by atoms with Crippen LogP contribution in [0, 0.1) is 6.92 Å². The molecule has 0 radical (unpaired) electrons. The summed E-state index contributed by atoms with van der Waals surface area (Å²) in [4.78, 5) is 4.63. The molecule has 0 fully saturated rings. The number of aromatic nitrogens is 3. The maximum Gasteiger partial charge on any atom is 0.160 e. The van der Waals surface area contributed by atoms with E-state index in [4.69, 9.17) is 0 Å². The first kappa shape index (κ1) is 17.0. The molecule has 4 heteroatoms. The summed E-state index contributed by atoms with van der Waals surface area (Å²) in [6.45, 7) is 11.1. The highest BCUT2D eigenvalue weighted by molar-refractivity contribution is 5.55. The lowest BCUT2D eigenvalue weighted by molar-refractivity contribution is 0.870. The van der Waals surface area contributed by atoms with Gasteiger partial charge in [-0.2, -0.15) is 9.61 Å². The van der Waals surface area contributed by atoms with E-state index in [0.29, 0.717) is 5.92 Å². The van der Waals surface area contributed by atoms with Crippen molar-refractivity contribution in [3.05, 3.63) is 59.4 Å². The number of hydrogen-bond acceptors (Lipinski definition) is 3. The predicted octanol–water partition coefficient (Wildman–Crippen LogP) is 4.80. The van der Waals surface area contributed by atoms with Gasteiger partial charge < -0.3 is 5.32 Å². The van der Waals surface area contributed by atoms with Gasteiger partial charge in [0.05, 0.1) is 6.20 Å². The molecule has 0 spiro atoms. The Bertz CT molecular complexity index is 745. The number of hydrogen-bond donors (Lipinski definition) is 1. The van der Waals surface area contributed by atoms with E-state index in [2.05, 4.69) is 53.5 Å². The fourth-order valence-corrected chi connectivity index (χ4v) is 2.42. The number of anilines is 1. The molecule has 0 aliphatic carbocycles. The molecule has 1 N–H and O–H groups in total. The number of nitrogens with zero attached hydrogens (tertiary/aromatic N) is 3. The SMILES string of the molecule is CC.Cc1cc(NCc2ccccc2)n2ncc(C(C)C)c2n1. The van der Waals surface area contributed by atoms with Gasteiger partial charge >= 0.3 is 0 Å². The Morgan fingerprint density at radius 3 is 2.48 bits per heavy atom. The van der Waals surface area contributed by atoms with Crippen LogP contribution in [0.15, 0.2) is 42.6 Å². The van der Waals surface area contributed by atoms with Gasteiger partial charge in [0.15, 0.2) is 5.65 Å². The molecular weight excluding hydrogens is 284 g/mol. The van der Waals surface area contributed by atoms with Gasteiger partial charge in [-0.25, -0.2) is 4.98 Å². The summed E-state index contributed by atoms with van der Waals surface area (Å²) >= 11 is 0. The van der Waals surface area contributed by atoms with Crippen LogP contribution in [0.4, 0.5) is 5.82 Å². The minimum Gasteiger partial charge on any atom is -0.366 e. The summed E-state index contributed by atoms with van der Waals surface area (Å²) in [6, 6.07) is 12.4. The van der Waals surface area contributed by atoms with Crippen LogP contribution in [0.3, 0.4) is 0 Å². The van der Waals surface area contributed by atoms with Crippen LogP contribution >= 0.6 is 0 Å². The van der Waals surface area contributed by atoms with Gasteiger partial charge in [0.25, 0.3) is 0 Å². The van der Waals surface area contributed by atoms with E-state index in [0.717, 1.165) is 23.7 Å². The van der Waals surface area contributed by atoms with Crippen molar-refractivity contribution in [1.29, 1.82) is 0 Å². The molecule has 122 valence electrons. The van der Waals surface area contributed by atoms with Gasteiger partial charge in [-0.15, -0.1) is 0 Å². The first-order chi connectivity index (χ1) is 11.1. The molecule has 0 aliphatic heterocycles. The van der Waals surface area contributed by atoms with Gasteiger partial charge in [0.1, 0.15) is 5.82 Å². The Morgan fingerprint density at radius 1 is 1.13 bits per heavy atom. The summed E-state index contributed by atoms with van der Waals surface area (Å²) in [7, 11) is 0. The highest BCUT2D eigenvalue weighted by Crippen LogP contribution is 2.22. The topological polar surface area (TPSA) is 42.2 Å². The summed E-state index contributed by atoms with van der Waals surface area (Å²) in [5.74, 6) is 1.40. The van der Waals surface area contributed by atoms with Gasteiger partial charge in [-0.3, -0.25) is 0 Å². The average Bonchev–Trinajstić information content (AvgIpc) is 2.99. The highest BCUT2D eigenvalue weighted by Gasteiger charge is 2.12. The normalized spacial score (nSPS) is 10.5. The Hall–Kier alpha value is -2.36. The van der Waals surface area contributed by atoms with Crippen molar-refractivity contribution in [1.82, 2.24) is 14.6 Å². The fourth-order valence-electron chi connectivity index (χ4n) is 2.42. The predicted molar refractivity (Wildman–Crippen MR) is 96.9 cm³/mol. The molecule has 0 saturated heterocycles. The maximum atomic E-state index is 4.63. The van der Waals surface area contributed by atoms with Gasteiger partial charge in [-0.1, -0.05) is 58.0 Å². The molecule has 3 aromatic rings. The number of fused-ring (bicyclic) bond motifs is 1. The molecule has 0 unspecified atom stereocenters. The Labute approximate surface area is 138 Å². The largest absolute Gasteiger partial charge is 0.366 e. The second-order valence-corrected chi connectivity index (χ2v) is 5.61. The van der Waals surface area contributed by atoms with Gasteiger partial charge in [0, 0.05) is 23.9 Å². The van der Waals surface area contributed by atoms with E-state index in [9.17, 15) is 0 Å². The molecule has 0 amide bonds. The number of aryl methyl sites for hydroxylation is 1. The smallest absolute Gasteiger partial charge is 0.160 e. The summed E-state index contributed by atoms with van der Waals surface area (Å²) < 4.78 is 1.89. The molecule has 0 saturated carbocycles. The summed E-state index contributed by atoms with van der Waals surface area (Å²) in [6.07, 6.45) is 1.92. The molecule has 0 atom stereocenters. The fraction of sp³-hybridized carbons (Fsp3) is 0.368. The van der Waals surface area contributed by atoms with Crippen LogP contribution < -0.4 is 5.32 Å². The van der Waals surface area contributed by atoms with Crippen LogP contribution in [0.5, 0.6) is 0 Å². The minimum atomic E-state index is 0.416. The Balaban J connectivity index is 0.000000924. The molecule has 0 bridgehead atoms. The lowest BCUT2D eigenvalue weighted by Crippen LogP contribution is -2.07. The molecule has 3 rings (SSSR count). The van der Waals surface area contributed by atoms with Gasteiger partial charge in [-0.05, 0) is 18.4 Å². The molecule has 1 aromatic carbocycles. The third-order valence-electron chi connectivity index (χ3n) is 3.57. The lowest BCUT2D eigenvalue weighted by atomic mass is 10.1. The summed E-state index contributed by atoms with van der Waals surface area (Å²) in [5, 5.41) is 7.94. The van der Waals surface area contributed by atoms with Crippen molar-refractivity contribution in [2.24, 2.45) is 0 Å². The average molecular weight is 310 g/mol. The third-order valence-corrected chi connectivity index (χ3v) is 3.57. The van der Waals surface area contributed by atoms with Crippen molar-refractivity contribution in [2.75, 3.05) is 5.32 Å². The van der Waals surface area contributed by atoms with Crippen LogP contribution in [-0.4, -0.2) is 14.6 Å². The standard InChI is InChI=1S/C17H20N4.C2H6/c1-12(2)15-11-19-21-16(9-13(3)20-17(15)21)18-10-14-7-5-4-6-8-14;1-2/h4-9,11-12,18H,10H2,1-3H3;1-2H3. The molecule has 23 heavy (non-hydrogen) atoms. The van der Waals surface area contributed by atoms with Crippen LogP contribution in [0.2, 0.25) is 0 Å². The van der Waals surface area contributed by atoms with E-state index in [1.165, 1.54) is 11.1 Å².